The van der Waals surface area contributed by atoms with Gasteiger partial charge in [0.05, 0.1) is 19.0 Å². The number of rotatable bonds is 5. The van der Waals surface area contributed by atoms with E-state index in [1.807, 2.05) is 54.6 Å². The normalized spacial score (nSPS) is 12.7. The van der Waals surface area contributed by atoms with Gasteiger partial charge < -0.3 is 9.52 Å². The first-order valence-corrected chi connectivity index (χ1v) is 8.31. The van der Waals surface area contributed by atoms with Gasteiger partial charge in [-0.2, -0.15) is 0 Å². The van der Waals surface area contributed by atoms with Crippen molar-refractivity contribution in [2.24, 2.45) is 0 Å². The number of furan rings is 1. The molecule has 4 rings (SSSR count). The molecule has 0 saturated heterocycles. The van der Waals surface area contributed by atoms with Crippen molar-refractivity contribution < 1.29 is 9.52 Å². The topological polar surface area (TPSA) is 68.3 Å². The molecule has 5 nitrogen and oxygen atoms in total. The van der Waals surface area contributed by atoms with Gasteiger partial charge in [-0.25, -0.2) is 4.98 Å². The van der Waals surface area contributed by atoms with Crippen molar-refractivity contribution in [3.8, 4) is 0 Å². The summed E-state index contributed by atoms with van der Waals surface area (Å²) in [6.07, 6.45) is 2.20. The zero-order valence-corrected chi connectivity index (χ0v) is 13.6. The molecule has 25 heavy (non-hydrogen) atoms. The summed E-state index contributed by atoms with van der Waals surface area (Å²) in [5.41, 5.74) is 2.35. The van der Waals surface area contributed by atoms with Crippen molar-refractivity contribution in [1.29, 1.82) is 0 Å². The summed E-state index contributed by atoms with van der Waals surface area (Å²) in [5, 5.41) is 11.1. The average molecular weight is 334 g/mol. The lowest BCUT2D eigenvalue weighted by atomic mass is 10.1. The Bertz CT molecular complexity index is 1070. The molecule has 4 aromatic rings. The molecule has 0 aliphatic rings. The number of nitrogens with zero attached hydrogens (tertiary/aromatic N) is 2. The minimum atomic E-state index is -0.624. The molecular weight excluding hydrogens is 316 g/mol. The van der Waals surface area contributed by atoms with Gasteiger partial charge in [0.25, 0.3) is 5.56 Å². The third-order valence-electron chi connectivity index (χ3n) is 4.37. The first kappa shape index (κ1) is 15.6. The summed E-state index contributed by atoms with van der Waals surface area (Å²) in [5.74, 6) is 0. The first-order chi connectivity index (χ1) is 12.2. The summed E-state index contributed by atoms with van der Waals surface area (Å²) >= 11 is 0. The van der Waals surface area contributed by atoms with Gasteiger partial charge in [-0.3, -0.25) is 9.36 Å². The molecule has 126 valence electrons. The molecule has 2 heterocycles. The van der Waals surface area contributed by atoms with Gasteiger partial charge in [0.15, 0.2) is 0 Å². The number of fused-ring (bicyclic) bond motifs is 3. The number of aromatic nitrogens is 2. The number of aliphatic hydroxyl groups excluding tert-OH is 1. The molecule has 0 aliphatic heterocycles. The lowest BCUT2D eigenvalue weighted by Gasteiger charge is -2.12. The first-order valence-electron chi connectivity index (χ1n) is 8.31. The van der Waals surface area contributed by atoms with Crippen LogP contribution < -0.4 is 5.56 Å². The van der Waals surface area contributed by atoms with Crippen LogP contribution in [0.4, 0.5) is 0 Å². The van der Waals surface area contributed by atoms with Gasteiger partial charge in [-0.1, -0.05) is 42.5 Å². The van der Waals surface area contributed by atoms with Crippen LogP contribution in [-0.4, -0.2) is 20.8 Å². The number of para-hydroxylation sites is 1. The second-order valence-electron chi connectivity index (χ2n) is 6.16. The summed E-state index contributed by atoms with van der Waals surface area (Å²) in [6, 6.07) is 17.4. The van der Waals surface area contributed by atoms with Gasteiger partial charge >= 0.3 is 0 Å². The van der Waals surface area contributed by atoms with E-state index in [0.717, 1.165) is 11.8 Å². The zero-order chi connectivity index (χ0) is 17.2. The van der Waals surface area contributed by atoms with E-state index in [1.165, 1.54) is 16.5 Å². The lowest BCUT2D eigenvalue weighted by Crippen LogP contribution is -2.27. The Kier molecular flexibility index (Phi) is 4.07. The summed E-state index contributed by atoms with van der Waals surface area (Å²) in [7, 11) is 0. The number of benzene rings is 2. The smallest absolute Gasteiger partial charge is 0.297 e. The second-order valence-corrected chi connectivity index (χ2v) is 6.16. The largest absolute Gasteiger partial charge is 0.448 e. The Balaban J connectivity index is 1.56. The van der Waals surface area contributed by atoms with E-state index in [-0.39, 0.29) is 17.7 Å². The maximum atomic E-state index is 12.6. The fourth-order valence-corrected chi connectivity index (χ4v) is 3.04. The molecule has 0 radical (unpaired) electrons. The highest BCUT2D eigenvalue weighted by atomic mass is 16.3. The fourth-order valence-electron chi connectivity index (χ4n) is 3.04. The highest BCUT2D eigenvalue weighted by Gasteiger charge is 2.14. The molecule has 5 heteroatoms. The number of aliphatic hydroxyl groups is 1. The minimum absolute atomic E-state index is 0.200. The van der Waals surface area contributed by atoms with Crippen molar-refractivity contribution >= 4 is 22.1 Å². The fraction of sp³-hybridized carbons (Fsp3) is 0.200. The van der Waals surface area contributed by atoms with Crippen LogP contribution in [0.5, 0.6) is 0 Å². The van der Waals surface area contributed by atoms with Crippen LogP contribution in [0.3, 0.4) is 0 Å². The Morgan fingerprint density at radius 2 is 1.84 bits per heavy atom. The minimum Gasteiger partial charge on any atom is -0.448 e. The molecule has 1 N–H and O–H groups in total. The average Bonchev–Trinajstić information content (AvgIpc) is 3.03. The molecule has 0 fully saturated rings. The third kappa shape index (κ3) is 3.06. The van der Waals surface area contributed by atoms with Crippen molar-refractivity contribution in [3.63, 3.8) is 0 Å². The summed E-state index contributed by atoms with van der Waals surface area (Å²) in [6.45, 7) is 0.200. The molecule has 1 atom stereocenters. The van der Waals surface area contributed by atoms with E-state index in [9.17, 15) is 9.90 Å². The lowest BCUT2D eigenvalue weighted by molar-refractivity contribution is 0.143. The van der Waals surface area contributed by atoms with E-state index in [1.54, 1.807) is 0 Å². The zero-order valence-electron chi connectivity index (χ0n) is 13.6. The molecule has 0 saturated carbocycles. The molecule has 0 unspecified atom stereocenters. The van der Waals surface area contributed by atoms with Crippen LogP contribution in [0.25, 0.3) is 22.1 Å². The number of hydrogen-bond donors (Lipinski definition) is 1. The highest BCUT2D eigenvalue weighted by molar-refractivity contribution is 6.01. The Morgan fingerprint density at radius 1 is 1.08 bits per heavy atom. The molecule has 0 bridgehead atoms. The molecule has 2 aromatic carbocycles. The van der Waals surface area contributed by atoms with E-state index in [4.69, 9.17) is 4.42 Å². The van der Waals surface area contributed by atoms with Gasteiger partial charge in [0.1, 0.15) is 11.1 Å². The maximum Gasteiger partial charge on any atom is 0.297 e. The quantitative estimate of drug-likeness (QED) is 0.609. The Hall–Kier alpha value is -2.92. The van der Waals surface area contributed by atoms with Crippen molar-refractivity contribution in [1.82, 2.24) is 9.55 Å². The maximum absolute atomic E-state index is 12.6. The van der Waals surface area contributed by atoms with Gasteiger partial charge in [0, 0.05) is 5.39 Å². The monoisotopic (exact) mass is 334 g/mol. The summed E-state index contributed by atoms with van der Waals surface area (Å²) in [4.78, 5) is 17.0. The number of hydrogen-bond acceptors (Lipinski definition) is 4. The van der Waals surface area contributed by atoms with Crippen LogP contribution in [0.1, 0.15) is 12.0 Å². The van der Waals surface area contributed by atoms with Gasteiger partial charge in [0.2, 0.25) is 5.58 Å². The van der Waals surface area contributed by atoms with E-state index < -0.39 is 6.10 Å². The third-order valence-corrected chi connectivity index (χ3v) is 4.37. The van der Waals surface area contributed by atoms with Crippen LogP contribution >= 0.6 is 0 Å². The predicted molar refractivity (Wildman–Crippen MR) is 96.5 cm³/mol. The van der Waals surface area contributed by atoms with Crippen molar-refractivity contribution in [2.45, 2.75) is 25.5 Å². The Labute approximate surface area is 144 Å². The standard InChI is InChI=1S/C20H18N2O3/c23-15(11-10-14-6-2-1-3-7-14)12-22-13-21-18-16-8-4-5-9-17(16)25-19(18)20(22)24/h1-9,13,15,23H,10-12H2/t15-/m0/s1. The van der Waals surface area contributed by atoms with Gasteiger partial charge in [-0.05, 0) is 30.5 Å². The van der Waals surface area contributed by atoms with E-state index in [2.05, 4.69) is 4.98 Å². The van der Waals surface area contributed by atoms with E-state index >= 15 is 0 Å². The second kappa shape index (κ2) is 6.53. The van der Waals surface area contributed by atoms with Crippen LogP contribution in [0.2, 0.25) is 0 Å². The molecule has 2 aromatic heterocycles. The van der Waals surface area contributed by atoms with Crippen molar-refractivity contribution in [2.75, 3.05) is 0 Å². The summed E-state index contributed by atoms with van der Waals surface area (Å²) < 4.78 is 7.07. The SMILES string of the molecule is O=c1c2oc3ccccc3c2ncn1C[C@@H](O)CCc1ccccc1. The van der Waals surface area contributed by atoms with E-state index in [0.29, 0.717) is 17.5 Å². The van der Waals surface area contributed by atoms with Crippen LogP contribution in [-0.2, 0) is 13.0 Å². The van der Waals surface area contributed by atoms with Crippen molar-refractivity contribution in [3.05, 3.63) is 76.8 Å². The number of aryl methyl sites for hydroxylation is 1. The van der Waals surface area contributed by atoms with Gasteiger partial charge in [-0.15, -0.1) is 0 Å². The Morgan fingerprint density at radius 3 is 2.68 bits per heavy atom. The molecular formula is C20H18N2O3. The molecule has 0 spiro atoms. The van der Waals surface area contributed by atoms with Crippen LogP contribution in [0.15, 0.2) is 70.1 Å². The predicted octanol–water partition coefficient (Wildman–Crippen LogP) is 3.14. The van der Waals surface area contributed by atoms with Crippen LogP contribution in [0, 0.1) is 0 Å². The molecule has 0 aliphatic carbocycles. The highest BCUT2D eigenvalue weighted by Crippen LogP contribution is 2.24. The molecule has 0 amide bonds.